The highest BCUT2D eigenvalue weighted by molar-refractivity contribution is 9.10. The lowest BCUT2D eigenvalue weighted by Gasteiger charge is -2.10. The summed E-state index contributed by atoms with van der Waals surface area (Å²) in [5.41, 5.74) is 13.6. The monoisotopic (exact) mass is 305 g/mol. The van der Waals surface area contributed by atoms with Crippen LogP contribution in [-0.2, 0) is 0 Å². The van der Waals surface area contributed by atoms with Crippen LogP contribution in [0.15, 0.2) is 46.9 Å². The standard InChI is InChI=1S/C13H12BrN3O/c14-9-2-4-10(5-3-9)17-12-7-8(13(16)18)1-6-11(12)15/h1-7,17H,15H2,(H2,16,18). The lowest BCUT2D eigenvalue weighted by atomic mass is 10.1. The molecule has 18 heavy (non-hydrogen) atoms. The minimum absolute atomic E-state index is 0.420. The van der Waals surface area contributed by atoms with Gasteiger partial charge in [0.25, 0.3) is 0 Å². The van der Waals surface area contributed by atoms with Crippen molar-refractivity contribution in [3.05, 3.63) is 52.5 Å². The molecular weight excluding hydrogens is 294 g/mol. The maximum atomic E-state index is 11.1. The van der Waals surface area contributed by atoms with Crippen LogP contribution >= 0.6 is 15.9 Å². The van der Waals surface area contributed by atoms with E-state index in [1.807, 2.05) is 24.3 Å². The third kappa shape index (κ3) is 2.81. The van der Waals surface area contributed by atoms with Gasteiger partial charge in [0, 0.05) is 15.7 Å². The van der Waals surface area contributed by atoms with Crippen LogP contribution in [0.2, 0.25) is 0 Å². The zero-order chi connectivity index (χ0) is 13.1. The largest absolute Gasteiger partial charge is 0.397 e. The van der Waals surface area contributed by atoms with E-state index in [1.54, 1.807) is 18.2 Å². The summed E-state index contributed by atoms with van der Waals surface area (Å²) in [4.78, 5) is 11.1. The van der Waals surface area contributed by atoms with Crippen molar-refractivity contribution in [1.82, 2.24) is 0 Å². The topological polar surface area (TPSA) is 81.1 Å². The fourth-order valence-corrected chi connectivity index (χ4v) is 1.77. The number of nitrogens with one attached hydrogen (secondary N) is 1. The summed E-state index contributed by atoms with van der Waals surface area (Å²) >= 11 is 3.36. The number of carbonyl (C=O) groups is 1. The molecule has 5 N–H and O–H groups in total. The molecule has 0 saturated carbocycles. The number of nitrogens with two attached hydrogens (primary N) is 2. The molecule has 0 aliphatic rings. The van der Waals surface area contributed by atoms with Crippen molar-refractivity contribution < 1.29 is 4.79 Å². The fourth-order valence-electron chi connectivity index (χ4n) is 1.51. The Balaban J connectivity index is 2.30. The van der Waals surface area contributed by atoms with E-state index in [2.05, 4.69) is 21.2 Å². The molecule has 2 aromatic rings. The number of anilines is 3. The van der Waals surface area contributed by atoms with E-state index in [4.69, 9.17) is 11.5 Å². The summed E-state index contributed by atoms with van der Waals surface area (Å²) in [6, 6.07) is 12.5. The van der Waals surface area contributed by atoms with Gasteiger partial charge in [-0.2, -0.15) is 0 Å². The van der Waals surface area contributed by atoms with Gasteiger partial charge in [-0.25, -0.2) is 0 Å². The molecule has 0 bridgehead atoms. The van der Waals surface area contributed by atoms with Gasteiger partial charge >= 0.3 is 0 Å². The van der Waals surface area contributed by atoms with E-state index in [0.29, 0.717) is 16.9 Å². The average molecular weight is 306 g/mol. The molecule has 0 unspecified atom stereocenters. The Kier molecular flexibility index (Phi) is 3.53. The van der Waals surface area contributed by atoms with Gasteiger partial charge in [0.15, 0.2) is 0 Å². The molecular formula is C13H12BrN3O. The minimum Gasteiger partial charge on any atom is -0.397 e. The quantitative estimate of drug-likeness (QED) is 0.763. The average Bonchev–Trinajstić information content (AvgIpc) is 2.34. The summed E-state index contributed by atoms with van der Waals surface area (Å²) in [6.07, 6.45) is 0. The first-order chi connectivity index (χ1) is 8.56. The van der Waals surface area contributed by atoms with Crippen LogP contribution in [0.3, 0.4) is 0 Å². The van der Waals surface area contributed by atoms with E-state index in [9.17, 15) is 4.79 Å². The SMILES string of the molecule is NC(=O)c1ccc(N)c(Nc2ccc(Br)cc2)c1. The minimum atomic E-state index is -0.478. The van der Waals surface area contributed by atoms with Crippen molar-refractivity contribution in [1.29, 1.82) is 0 Å². The number of halogens is 1. The van der Waals surface area contributed by atoms with Crippen molar-refractivity contribution in [3.63, 3.8) is 0 Å². The first-order valence-electron chi connectivity index (χ1n) is 5.28. The van der Waals surface area contributed by atoms with Gasteiger partial charge in [-0.3, -0.25) is 4.79 Å². The van der Waals surface area contributed by atoms with Crippen LogP contribution in [0.5, 0.6) is 0 Å². The second-order valence-corrected chi connectivity index (χ2v) is 4.71. The van der Waals surface area contributed by atoms with Crippen molar-refractivity contribution in [2.75, 3.05) is 11.1 Å². The number of hydrogen-bond donors (Lipinski definition) is 3. The van der Waals surface area contributed by atoms with Crippen molar-refractivity contribution in [3.8, 4) is 0 Å². The number of benzene rings is 2. The summed E-state index contributed by atoms with van der Waals surface area (Å²) in [7, 11) is 0. The maximum absolute atomic E-state index is 11.1. The Bertz CT molecular complexity index is 581. The van der Waals surface area contributed by atoms with Crippen molar-refractivity contribution >= 4 is 38.9 Å². The Morgan fingerprint density at radius 2 is 1.78 bits per heavy atom. The molecule has 0 atom stereocenters. The van der Waals surface area contributed by atoms with Gasteiger partial charge in [0.05, 0.1) is 11.4 Å². The molecule has 0 aromatic heterocycles. The Labute approximate surface area is 113 Å². The molecule has 2 rings (SSSR count). The Hall–Kier alpha value is -2.01. The third-order valence-corrected chi connectivity index (χ3v) is 2.99. The molecule has 2 aromatic carbocycles. The van der Waals surface area contributed by atoms with Gasteiger partial charge in [-0.05, 0) is 42.5 Å². The van der Waals surface area contributed by atoms with Gasteiger partial charge in [0.2, 0.25) is 5.91 Å². The smallest absolute Gasteiger partial charge is 0.248 e. The first-order valence-corrected chi connectivity index (χ1v) is 6.07. The van der Waals surface area contributed by atoms with Crippen LogP contribution in [0, 0.1) is 0 Å². The fraction of sp³-hybridized carbons (Fsp3) is 0. The molecule has 0 radical (unpaired) electrons. The predicted octanol–water partition coefficient (Wildman–Crippen LogP) is 2.87. The van der Waals surface area contributed by atoms with Crippen molar-refractivity contribution in [2.45, 2.75) is 0 Å². The predicted molar refractivity (Wildman–Crippen MR) is 76.8 cm³/mol. The highest BCUT2D eigenvalue weighted by atomic mass is 79.9. The van der Waals surface area contributed by atoms with Gasteiger partial charge in [-0.15, -0.1) is 0 Å². The highest BCUT2D eigenvalue weighted by Crippen LogP contribution is 2.25. The van der Waals surface area contributed by atoms with Crippen molar-refractivity contribution in [2.24, 2.45) is 5.73 Å². The first kappa shape index (κ1) is 12.4. The number of hydrogen-bond acceptors (Lipinski definition) is 3. The van der Waals surface area contributed by atoms with Crippen LogP contribution in [-0.4, -0.2) is 5.91 Å². The zero-order valence-corrected chi connectivity index (χ0v) is 11.1. The van der Waals surface area contributed by atoms with E-state index in [0.717, 1.165) is 10.2 Å². The number of nitrogen functional groups attached to an aromatic ring is 1. The Morgan fingerprint density at radius 3 is 2.39 bits per heavy atom. The number of carbonyl (C=O) groups excluding carboxylic acids is 1. The molecule has 92 valence electrons. The second kappa shape index (κ2) is 5.10. The van der Waals surface area contributed by atoms with E-state index in [-0.39, 0.29) is 0 Å². The summed E-state index contributed by atoms with van der Waals surface area (Å²) in [5.74, 6) is -0.478. The molecule has 0 fully saturated rings. The molecule has 0 saturated heterocycles. The lowest BCUT2D eigenvalue weighted by Crippen LogP contribution is -2.11. The van der Waals surface area contributed by atoms with Gasteiger partial charge in [0.1, 0.15) is 0 Å². The molecule has 0 spiro atoms. The third-order valence-electron chi connectivity index (χ3n) is 2.46. The molecule has 1 amide bonds. The molecule has 0 aliphatic heterocycles. The number of primary amides is 1. The van der Waals surface area contributed by atoms with Crippen LogP contribution in [0.25, 0.3) is 0 Å². The number of amides is 1. The Morgan fingerprint density at radius 1 is 1.11 bits per heavy atom. The summed E-state index contributed by atoms with van der Waals surface area (Å²) in [5, 5.41) is 3.14. The van der Waals surface area contributed by atoms with Gasteiger partial charge in [-0.1, -0.05) is 15.9 Å². The van der Waals surface area contributed by atoms with E-state index in [1.165, 1.54) is 0 Å². The lowest BCUT2D eigenvalue weighted by molar-refractivity contribution is 0.100. The zero-order valence-electron chi connectivity index (χ0n) is 9.48. The van der Waals surface area contributed by atoms with E-state index < -0.39 is 5.91 Å². The highest BCUT2D eigenvalue weighted by Gasteiger charge is 2.05. The summed E-state index contributed by atoms with van der Waals surface area (Å²) < 4.78 is 0.993. The van der Waals surface area contributed by atoms with Crippen LogP contribution in [0.1, 0.15) is 10.4 Å². The molecule has 5 heteroatoms. The molecule has 0 heterocycles. The summed E-state index contributed by atoms with van der Waals surface area (Å²) in [6.45, 7) is 0. The van der Waals surface area contributed by atoms with Crippen LogP contribution < -0.4 is 16.8 Å². The second-order valence-electron chi connectivity index (χ2n) is 3.80. The number of rotatable bonds is 3. The van der Waals surface area contributed by atoms with Crippen LogP contribution in [0.4, 0.5) is 17.1 Å². The molecule has 4 nitrogen and oxygen atoms in total. The van der Waals surface area contributed by atoms with Gasteiger partial charge < -0.3 is 16.8 Å². The maximum Gasteiger partial charge on any atom is 0.248 e. The van der Waals surface area contributed by atoms with E-state index >= 15 is 0 Å². The molecule has 0 aliphatic carbocycles. The normalized spacial score (nSPS) is 10.1.